The van der Waals surface area contributed by atoms with E-state index in [1.54, 1.807) is 0 Å². The standard InChI is InChI=1S/C19H34N4O/c1-5-24-14-10-9-13-21-19(20-3)22-15-17(2)23(4)16-18-11-7-6-8-12-18/h6-8,11-12,17H,5,9-10,13-16H2,1-4H3,(H2,20,21,22). The lowest BCUT2D eigenvalue weighted by Gasteiger charge is -2.25. The Hall–Kier alpha value is -1.59. The van der Waals surface area contributed by atoms with Crippen LogP contribution < -0.4 is 10.6 Å². The molecule has 5 nitrogen and oxygen atoms in total. The highest BCUT2D eigenvalue weighted by molar-refractivity contribution is 5.79. The Kier molecular flexibility index (Phi) is 10.9. The molecule has 24 heavy (non-hydrogen) atoms. The van der Waals surface area contributed by atoms with E-state index in [0.717, 1.165) is 51.6 Å². The Balaban J connectivity index is 2.21. The zero-order valence-electron chi connectivity index (χ0n) is 15.7. The van der Waals surface area contributed by atoms with Crippen molar-refractivity contribution >= 4 is 5.96 Å². The normalized spacial score (nSPS) is 13.1. The van der Waals surface area contributed by atoms with Crippen molar-refractivity contribution in [2.75, 3.05) is 40.4 Å². The predicted molar refractivity (Wildman–Crippen MR) is 102 cm³/mol. The summed E-state index contributed by atoms with van der Waals surface area (Å²) in [6.45, 7) is 8.62. The maximum Gasteiger partial charge on any atom is 0.191 e. The van der Waals surface area contributed by atoms with Crippen molar-refractivity contribution in [2.24, 2.45) is 4.99 Å². The minimum atomic E-state index is 0.418. The zero-order valence-corrected chi connectivity index (χ0v) is 15.7. The number of nitrogens with one attached hydrogen (secondary N) is 2. The maximum absolute atomic E-state index is 5.34. The average molecular weight is 335 g/mol. The molecule has 0 saturated heterocycles. The number of hydrogen-bond acceptors (Lipinski definition) is 3. The number of aliphatic imine (C=N–C) groups is 1. The topological polar surface area (TPSA) is 48.9 Å². The van der Waals surface area contributed by atoms with E-state index in [1.165, 1.54) is 5.56 Å². The summed E-state index contributed by atoms with van der Waals surface area (Å²) >= 11 is 0. The van der Waals surface area contributed by atoms with Crippen molar-refractivity contribution in [3.05, 3.63) is 35.9 Å². The molecule has 1 aromatic rings. The molecule has 2 N–H and O–H groups in total. The van der Waals surface area contributed by atoms with Gasteiger partial charge in [-0.25, -0.2) is 0 Å². The van der Waals surface area contributed by atoms with Crippen LogP contribution in [0.1, 0.15) is 32.3 Å². The van der Waals surface area contributed by atoms with E-state index >= 15 is 0 Å². The Bertz CT molecular complexity index is 450. The van der Waals surface area contributed by atoms with Crippen LogP contribution >= 0.6 is 0 Å². The van der Waals surface area contributed by atoms with Crippen LogP contribution in [0.4, 0.5) is 0 Å². The number of ether oxygens (including phenoxy) is 1. The fraction of sp³-hybridized carbons (Fsp3) is 0.632. The van der Waals surface area contributed by atoms with Gasteiger partial charge in [0, 0.05) is 45.9 Å². The lowest BCUT2D eigenvalue weighted by atomic mass is 10.2. The van der Waals surface area contributed by atoms with Gasteiger partial charge in [-0.3, -0.25) is 9.89 Å². The van der Waals surface area contributed by atoms with Crippen LogP contribution in [0.2, 0.25) is 0 Å². The van der Waals surface area contributed by atoms with E-state index in [-0.39, 0.29) is 0 Å². The number of benzene rings is 1. The molecule has 1 atom stereocenters. The number of rotatable bonds is 11. The first kappa shape index (κ1) is 20.5. The average Bonchev–Trinajstić information content (AvgIpc) is 2.61. The van der Waals surface area contributed by atoms with Gasteiger partial charge in [-0.2, -0.15) is 0 Å². The van der Waals surface area contributed by atoms with Crippen LogP contribution in [-0.2, 0) is 11.3 Å². The van der Waals surface area contributed by atoms with Crippen molar-refractivity contribution < 1.29 is 4.74 Å². The third kappa shape index (κ3) is 8.89. The molecule has 1 aromatic carbocycles. The molecular formula is C19H34N4O. The van der Waals surface area contributed by atoms with Gasteiger partial charge < -0.3 is 15.4 Å². The summed E-state index contributed by atoms with van der Waals surface area (Å²) in [5, 5.41) is 6.76. The molecule has 0 amide bonds. The Morgan fingerprint density at radius 1 is 1.21 bits per heavy atom. The molecule has 0 aliphatic carbocycles. The number of unbranched alkanes of at least 4 members (excludes halogenated alkanes) is 1. The molecule has 0 bridgehead atoms. The van der Waals surface area contributed by atoms with Crippen molar-refractivity contribution in [1.82, 2.24) is 15.5 Å². The molecule has 0 spiro atoms. The summed E-state index contributed by atoms with van der Waals surface area (Å²) in [6.07, 6.45) is 2.16. The summed E-state index contributed by atoms with van der Waals surface area (Å²) in [6, 6.07) is 11.0. The molecule has 136 valence electrons. The number of hydrogen-bond donors (Lipinski definition) is 2. The van der Waals surface area contributed by atoms with Crippen molar-refractivity contribution in [3.8, 4) is 0 Å². The van der Waals surface area contributed by atoms with Crippen LogP contribution in [0.25, 0.3) is 0 Å². The second kappa shape index (κ2) is 12.8. The van der Waals surface area contributed by atoms with Gasteiger partial charge in [-0.1, -0.05) is 30.3 Å². The van der Waals surface area contributed by atoms with Crippen LogP contribution in [0.5, 0.6) is 0 Å². The van der Waals surface area contributed by atoms with E-state index in [9.17, 15) is 0 Å². The van der Waals surface area contributed by atoms with Gasteiger partial charge in [0.05, 0.1) is 0 Å². The molecule has 5 heteroatoms. The fourth-order valence-corrected chi connectivity index (χ4v) is 2.33. The van der Waals surface area contributed by atoms with Gasteiger partial charge in [0.1, 0.15) is 0 Å². The van der Waals surface area contributed by atoms with E-state index < -0.39 is 0 Å². The Morgan fingerprint density at radius 2 is 1.96 bits per heavy atom. The highest BCUT2D eigenvalue weighted by atomic mass is 16.5. The van der Waals surface area contributed by atoms with Crippen LogP contribution in [0.15, 0.2) is 35.3 Å². The smallest absolute Gasteiger partial charge is 0.191 e. The highest BCUT2D eigenvalue weighted by Crippen LogP contribution is 2.05. The second-order valence-electron chi connectivity index (χ2n) is 6.03. The molecule has 0 radical (unpaired) electrons. The third-order valence-electron chi connectivity index (χ3n) is 4.03. The van der Waals surface area contributed by atoms with Crippen molar-refractivity contribution in [1.29, 1.82) is 0 Å². The first-order chi connectivity index (χ1) is 11.7. The van der Waals surface area contributed by atoms with Gasteiger partial charge >= 0.3 is 0 Å². The molecule has 0 heterocycles. The zero-order chi connectivity index (χ0) is 17.6. The molecule has 0 aliphatic heterocycles. The molecule has 0 saturated carbocycles. The van der Waals surface area contributed by atoms with E-state index in [2.05, 4.69) is 64.8 Å². The largest absolute Gasteiger partial charge is 0.382 e. The monoisotopic (exact) mass is 334 g/mol. The molecular weight excluding hydrogens is 300 g/mol. The summed E-state index contributed by atoms with van der Waals surface area (Å²) in [4.78, 5) is 6.63. The van der Waals surface area contributed by atoms with Gasteiger partial charge in [0.15, 0.2) is 5.96 Å². The lowest BCUT2D eigenvalue weighted by molar-refractivity contribution is 0.143. The van der Waals surface area contributed by atoms with Crippen LogP contribution in [0, 0.1) is 0 Å². The van der Waals surface area contributed by atoms with E-state index in [0.29, 0.717) is 6.04 Å². The lowest BCUT2D eigenvalue weighted by Crippen LogP contribution is -2.44. The van der Waals surface area contributed by atoms with Gasteiger partial charge in [-0.05, 0) is 39.3 Å². The van der Waals surface area contributed by atoms with Crippen LogP contribution in [-0.4, -0.2) is 57.3 Å². The quantitative estimate of drug-likeness (QED) is 0.371. The molecule has 0 aliphatic rings. The van der Waals surface area contributed by atoms with Crippen molar-refractivity contribution in [3.63, 3.8) is 0 Å². The van der Waals surface area contributed by atoms with Gasteiger partial charge in [0.25, 0.3) is 0 Å². The summed E-state index contributed by atoms with van der Waals surface area (Å²) in [7, 11) is 3.97. The predicted octanol–water partition coefficient (Wildman–Crippen LogP) is 2.49. The first-order valence-electron chi connectivity index (χ1n) is 8.93. The van der Waals surface area contributed by atoms with Crippen LogP contribution in [0.3, 0.4) is 0 Å². The summed E-state index contributed by atoms with van der Waals surface area (Å²) in [5.74, 6) is 0.867. The fourth-order valence-electron chi connectivity index (χ4n) is 2.33. The SMILES string of the molecule is CCOCCCCNC(=NC)NCC(C)N(C)Cc1ccccc1. The number of guanidine groups is 1. The minimum absolute atomic E-state index is 0.418. The maximum atomic E-state index is 5.34. The summed E-state index contributed by atoms with van der Waals surface area (Å²) < 4.78 is 5.34. The molecule has 1 unspecified atom stereocenters. The Morgan fingerprint density at radius 3 is 2.62 bits per heavy atom. The van der Waals surface area contributed by atoms with E-state index in [4.69, 9.17) is 4.74 Å². The molecule has 1 rings (SSSR count). The summed E-state index contributed by atoms with van der Waals surface area (Å²) in [5.41, 5.74) is 1.34. The molecule has 0 fully saturated rings. The third-order valence-corrected chi connectivity index (χ3v) is 4.03. The minimum Gasteiger partial charge on any atom is -0.382 e. The van der Waals surface area contributed by atoms with E-state index in [1.807, 2.05) is 14.0 Å². The highest BCUT2D eigenvalue weighted by Gasteiger charge is 2.10. The number of likely N-dealkylation sites (N-methyl/N-ethyl adjacent to an activating group) is 1. The van der Waals surface area contributed by atoms with Gasteiger partial charge in [-0.15, -0.1) is 0 Å². The van der Waals surface area contributed by atoms with Gasteiger partial charge in [0.2, 0.25) is 0 Å². The van der Waals surface area contributed by atoms with Crippen molar-refractivity contribution in [2.45, 2.75) is 39.3 Å². The second-order valence-corrected chi connectivity index (χ2v) is 6.03. The Labute approximate surface area is 147 Å². The first-order valence-corrected chi connectivity index (χ1v) is 8.93. The molecule has 0 aromatic heterocycles. The number of nitrogens with zero attached hydrogens (tertiary/aromatic N) is 2.